The SMILES string of the molecule is Cc1cccc2c1NCC(NC1CCCC1)C2. The van der Waals surface area contributed by atoms with Crippen molar-refractivity contribution in [2.24, 2.45) is 0 Å². The highest BCUT2D eigenvalue weighted by atomic mass is 15.0. The number of hydrogen-bond acceptors (Lipinski definition) is 2. The molecule has 92 valence electrons. The van der Waals surface area contributed by atoms with Crippen molar-refractivity contribution in [3.8, 4) is 0 Å². The molecule has 1 heterocycles. The molecule has 1 atom stereocenters. The zero-order chi connectivity index (χ0) is 11.7. The molecule has 0 radical (unpaired) electrons. The van der Waals surface area contributed by atoms with Crippen LogP contribution in [-0.2, 0) is 6.42 Å². The van der Waals surface area contributed by atoms with Gasteiger partial charge in [-0.05, 0) is 37.3 Å². The Bertz CT molecular complexity index is 394. The second-order valence-corrected chi connectivity index (χ2v) is 5.54. The van der Waals surface area contributed by atoms with E-state index in [4.69, 9.17) is 0 Å². The molecular weight excluding hydrogens is 208 g/mol. The predicted molar refractivity (Wildman–Crippen MR) is 72.6 cm³/mol. The number of fused-ring (bicyclic) bond motifs is 1. The Morgan fingerprint density at radius 2 is 2.00 bits per heavy atom. The van der Waals surface area contributed by atoms with Crippen LogP contribution < -0.4 is 10.6 Å². The highest BCUT2D eigenvalue weighted by molar-refractivity contribution is 5.59. The van der Waals surface area contributed by atoms with Gasteiger partial charge in [-0.2, -0.15) is 0 Å². The van der Waals surface area contributed by atoms with Crippen molar-refractivity contribution in [1.29, 1.82) is 0 Å². The van der Waals surface area contributed by atoms with Gasteiger partial charge < -0.3 is 10.6 Å². The van der Waals surface area contributed by atoms with E-state index in [1.54, 1.807) is 0 Å². The largest absolute Gasteiger partial charge is 0.383 e. The molecule has 2 heteroatoms. The maximum absolute atomic E-state index is 3.82. The summed E-state index contributed by atoms with van der Waals surface area (Å²) in [5.41, 5.74) is 4.23. The van der Waals surface area contributed by atoms with Gasteiger partial charge in [0.05, 0.1) is 0 Å². The van der Waals surface area contributed by atoms with Crippen molar-refractivity contribution in [3.05, 3.63) is 29.3 Å². The average molecular weight is 230 g/mol. The summed E-state index contributed by atoms with van der Waals surface area (Å²) >= 11 is 0. The normalized spacial score (nSPS) is 24.4. The first kappa shape index (κ1) is 11.1. The maximum atomic E-state index is 3.82. The Kier molecular flexibility index (Phi) is 3.06. The van der Waals surface area contributed by atoms with E-state index < -0.39 is 0 Å². The Morgan fingerprint density at radius 3 is 2.82 bits per heavy atom. The summed E-state index contributed by atoms with van der Waals surface area (Å²) in [5, 5.41) is 7.41. The van der Waals surface area contributed by atoms with Crippen molar-refractivity contribution < 1.29 is 0 Å². The highest BCUT2D eigenvalue weighted by Crippen LogP contribution is 2.26. The van der Waals surface area contributed by atoms with E-state index in [0.717, 1.165) is 12.6 Å². The van der Waals surface area contributed by atoms with Crippen LogP contribution in [0, 0.1) is 6.92 Å². The molecule has 2 aliphatic rings. The summed E-state index contributed by atoms with van der Waals surface area (Å²) in [5.74, 6) is 0. The Morgan fingerprint density at radius 1 is 1.18 bits per heavy atom. The molecule has 1 aromatic rings. The third-order valence-electron chi connectivity index (χ3n) is 4.18. The van der Waals surface area contributed by atoms with Gasteiger partial charge in [-0.3, -0.25) is 0 Å². The molecule has 1 aliphatic carbocycles. The molecule has 3 rings (SSSR count). The van der Waals surface area contributed by atoms with Gasteiger partial charge in [0.25, 0.3) is 0 Å². The minimum Gasteiger partial charge on any atom is -0.383 e. The number of anilines is 1. The molecule has 2 N–H and O–H groups in total. The summed E-state index contributed by atoms with van der Waals surface area (Å²) in [4.78, 5) is 0. The molecule has 17 heavy (non-hydrogen) atoms. The standard InChI is InChI=1S/C15H22N2/c1-11-5-4-6-12-9-14(10-16-15(11)12)17-13-7-2-3-8-13/h4-6,13-14,16-17H,2-3,7-10H2,1H3. The van der Waals surface area contributed by atoms with Crippen molar-refractivity contribution in [1.82, 2.24) is 5.32 Å². The molecule has 0 bridgehead atoms. The molecule has 1 saturated carbocycles. The highest BCUT2D eigenvalue weighted by Gasteiger charge is 2.23. The van der Waals surface area contributed by atoms with Gasteiger partial charge >= 0.3 is 0 Å². The van der Waals surface area contributed by atoms with Crippen LogP contribution >= 0.6 is 0 Å². The third-order valence-corrected chi connectivity index (χ3v) is 4.18. The summed E-state index contributed by atoms with van der Waals surface area (Å²) in [6.45, 7) is 3.27. The lowest BCUT2D eigenvalue weighted by molar-refractivity contribution is 0.432. The van der Waals surface area contributed by atoms with Crippen LogP contribution in [0.15, 0.2) is 18.2 Å². The Hall–Kier alpha value is -1.02. The molecule has 0 aromatic heterocycles. The summed E-state index contributed by atoms with van der Waals surface area (Å²) < 4.78 is 0. The summed E-state index contributed by atoms with van der Waals surface area (Å²) in [7, 11) is 0. The van der Waals surface area contributed by atoms with Crippen molar-refractivity contribution in [2.45, 2.75) is 51.1 Å². The molecule has 0 spiro atoms. The first-order chi connectivity index (χ1) is 8.33. The second kappa shape index (κ2) is 4.69. The van der Waals surface area contributed by atoms with E-state index in [1.807, 2.05) is 0 Å². The quantitative estimate of drug-likeness (QED) is 0.816. The number of nitrogens with one attached hydrogen (secondary N) is 2. The molecule has 2 nitrogen and oxygen atoms in total. The van der Waals surface area contributed by atoms with Crippen LogP contribution in [-0.4, -0.2) is 18.6 Å². The van der Waals surface area contributed by atoms with Gasteiger partial charge in [-0.15, -0.1) is 0 Å². The zero-order valence-corrected chi connectivity index (χ0v) is 10.6. The van der Waals surface area contributed by atoms with Gasteiger partial charge in [-0.1, -0.05) is 31.0 Å². The Labute approximate surface area is 104 Å². The van der Waals surface area contributed by atoms with Gasteiger partial charge in [0, 0.05) is 24.3 Å². The van der Waals surface area contributed by atoms with E-state index in [2.05, 4.69) is 35.8 Å². The maximum Gasteiger partial charge on any atom is 0.0403 e. The predicted octanol–water partition coefficient (Wildman–Crippen LogP) is 2.86. The number of aryl methyl sites for hydroxylation is 1. The van der Waals surface area contributed by atoms with Crippen LogP contribution in [0.5, 0.6) is 0 Å². The lowest BCUT2D eigenvalue weighted by Gasteiger charge is -2.30. The van der Waals surface area contributed by atoms with E-state index in [-0.39, 0.29) is 0 Å². The first-order valence-electron chi connectivity index (χ1n) is 6.91. The van der Waals surface area contributed by atoms with E-state index >= 15 is 0 Å². The molecule has 1 aromatic carbocycles. The number of rotatable bonds is 2. The van der Waals surface area contributed by atoms with Gasteiger partial charge in [-0.25, -0.2) is 0 Å². The van der Waals surface area contributed by atoms with Crippen molar-refractivity contribution in [2.75, 3.05) is 11.9 Å². The Balaban J connectivity index is 1.68. The van der Waals surface area contributed by atoms with E-state index in [0.29, 0.717) is 6.04 Å². The van der Waals surface area contributed by atoms with Crippen LogP contribution in [0.3, 0.4) is 0 Å². The molecular formula is C15H22N2. The minimum atomic E-state index is 0.618. The van der Waals surface area contributed by atoms with E-state index in [9.17, 15) is 0 Å². The fourth-order valence-corrected chi connectivity index (χ4v) is 3.26. The average Bonchev–Trinajstić information content (AvgIpc) is 2.82. The van der Waals surface area contributed by atoms with Gasteiger partial charge in [0.15, 0.2) is 0 Å². The number of benzene rings is 1. The van der Waals surface area contributed by atoms with Crippen molar-refractivity contribution in [3.63, 3.8) is 0 Å². The lowest BCUT2D eigenvalue weighted by Crippen LogP contribution is -2.44. The minimum absolute atomic E-state index is 0.618. The second-order valence-electron chi connectivity index (χ2n) is 5.54. The molecule has 0 amide bonds. The van der Waals surface area contributed by atoms with Crippen LogP contribution in [0.1, 0.15) is 36.8 Å². The zero-order valence-electron chi connectivity index (χ0n) is 10.6. The molecule has 1 aliphatic heterocycles. The third kappa shape index (κ3) is 2.32. The van der Waals surface area contributed by atoms with E-state index in [1.165, 1.54) is 48.9 Å². The number of hydrogen-bond donors (Lipinski definition) is 2. The topological polar surface area (TPSA) is 24.1 Å². The monoisotopic (exact) mass is 230 g/mol. The van der Waals surface area contributed by atoms with Crippen LogP contribution in [0.4, 0.5) is 5.69 Å². The van der Waals surface area contributed by atoms with Crippen LogP contribution in [0.2, 0.25) is 0 Å². The fourth-order valence-electron chi connectivity index (χ4n) is 3.26. The smallest absolute Gasteiger partial charge is 0.0403 e. The molecule has 1 unspecified atom stereocenters. The van der Waals surface area contributed by atoms with Crippen LogP contribution in [0.25, 0.3) is 0 Å². The summed E-state index contributed by atoms with van der Waals surface area (Å²) in [6, 6.07) is 8.02. The molecule has 1 fully saturated rings. The first-order valence-corrected chi connectivity index (χ1v) is 6.91. The van der Waals surface area contributed by atoms with Crippen molar-refractivity contribution >= 4 is 5.69 Å². The fraction of sp³-hybridized carbons (Fsp3) is 0.600. The van der Waals surface area contributed by atoms with Gasteiger partial charge in [0.2, 0.25) is 0 Å². The summed E-state index contributed by atoms with van der Waals surface area (Å²) in [6.07, 6.45) is 6.75. The lowest BCUT2D eigenvalue weighted by atomic mass is 9.96. The molecule has 0 saturated heterocycles. The van der Waals surface area contributed by atoms with Gasteiger partial charge in [0.1, 0.15) is 0 Å². The number of para-hydroxylation sites is 1.